The van der Waals surface area contributed by atoms with Crippen LogP contribution < -0.4 is 0 Å². The zero-order valence-corrected chi connectivity index (χ0v) is 11.1. The van der Waals surface area contributed by atoms with Gasteiger partial charge in [0, 0.05) is 16.3 Å². The molecular weight excluding hydrogens is 261 g/mol. The van der Waals surface area contributed by atoms with Crippen molar-refractivity contribution in [3.63, 3.8) is 0 Å². The van der Waals surface area contributed by atoms with E-state index in [4.69, 9.17) is 16.6 Å². The van der Waals surface area contributed by atoms with Gasteiger partial charge in [0.25, 0.3) is 0 Å². The minimum atomic E-state index is -0.211. The van der Waals surface area contributed by atoms with Gasteiger partial charge in [0.05, 0.1) is 6.04 Å². The summed E-state index contributed by atoms with van der Waals surface area (Å²) in [5, 5.41) is 0.737. The van der Waals surface area contributed by atoms with Crippen LogP contribution >= 0.6 is 11.6 Å². The first kappa shape index (κ1) is 12.4. The lowest BCUT2D eigenvalue weighted by Gasteiger charge is -2.06. The van der Waals surface area contributed by atoms with Crippen LogP contribution in [0.3, 0.4) is 0 Å². The lowest BCUT2D eigenvalue weighted by molar-refractivity contribution is 0.624. The van der Waals surface area contributed by atoms with Crippen LogP contribution in [-0.4, -0.2) is 5.71 Å². The quantitative estimate of drug-likeness (QED) is 0.745. The molecule has 2 aromatic rings. The third-order valence-electron chi connectivity index (χ3n) is 3.41. The molecule has 0 N–H and O–H groups in total. The van der Waals surface area contributed by atoms with E-state index in [0.29, 0.717) is 0 Å². The molecule has 1 heterocycles. The van der Waals surface area contributed by atoms with Crippen LogP contribution in [0, 0.1) is 5.82 Å². The van der Waals surface area contributed by atoms with Crippen molar-refractivity contribution >= 4 is 17.3 Å². The lowest BCUT2D eigenvalue weighted by atomic mass is 10.0. The molecule has 0 aromatic heterocycles. The van der Waals surface area contributed by atoms with Gasteiger partial charge in [-0.15, -0.1) is 0 Å². The number of rotatable bonds is 2. The maximum Gasteiger partial charge on any atom is 0.123 e. The Balaban J connectivity index is 1.89. The van der Waals surface area contributed by atoms with Gasteiger partial charge in [-0.1, -0.05) is 41.9 Å². The summed E-state index contributed by atoms with van der Waals surface area (Å²) >= 11 is 6.19. The summed E-state index contributed by atoms with van der Waals surface area (Å²) in [6.07, 6.45) is 1.86. The fraction of sp³-hybridized carbons (Fsp3) is 0.188. The van der Waals surface area contributed by atoms with Crippen LogP contribution in [0.5, 0.6) is 0 Å². The summed E-state index contributed by atoms with van der Waals surface area (Å²) in [6, 6.07) is 14.5. The molecule has 1 atom stereocenters. The highest BCUT2D eigenvalue weighted by Crippen LogP contribution is 2.32. The second kappa shape index (κ2) is 5.14. The Labute approximate surface area is 116 Å². The molecule has 1 unspecified atom stereocenters. The Kier molecular flexibility index (Phi) is 3.34. The topological polar surface area (TPSA) is 12.4 Å². The Morgan fingerprint density at radius 3 is 2.53 bits per heavy atom. The van der Waals surface area contributed by atoms with Crippen molar-refractivity contribution in [3.05, 3.63) is 70.5 Å². The molecular formula is C16H13ClFN. The summed E-state index contributed by atoms with van der Waals surface area (Å²) in [7, 11) is 0. The van der Waals surface area contributed by atoms with E-state index in [1.54, 1.807) is 12.1 Å². The van der Waals surface area contributed by atoms with E-state index < -0.39 is 0 Å². The summed E-state index contributed by atoms with van der Waals surface area (Å²) < 4.78 is 12.9. The molecule has 1 aliphatic rings. The average molecular weight is 274 g/mol. The number of hydrogen-bond donors (Lipinski definition) is 0. The Hall–Kier alpha value is -1.67. The van der Waals surface area contributed by atoms with Gasteiger partial charge < -0.3 is 0 Å². The van der Waals surface area contributed by atoms with Crippen LogP contribution in [0.15, 0.2) is 53.5 Å². The minimum absolute atomic E-state index is 0.117. The van der Waals surface area contributed by atoms with Crippen LogP contribution in [0.25, 0.3) is 0 Å². The van der Waals surface area contributed by atoms with Crippen molar-refractivity contribution in [3.8, 4) is 0 Å². The van der Waals surface area contributed by atoms with Gasteiger partial charge >= 0.3 is 0 Å². The standard InChI is InChI=1S/C16H13ClFN/c17-14-4-2-1-3-13(14)16-10-9-15(19-16)11-5-7-12(18)8-6-11/h1-8,15H,9-10H2. The summed E-state index contributed by atoms with van der Waals surface area (Å²) in [5.74, 6) is -0.211. The van der Waals surface area contributed by atoms with E-state index in [2.05, 4.69) is 0 Å². The zero-order valence-electron chi connectivity index (χ0n) is 10.3. The molecule has 96 valence electrons. The van der Waals surface area contributed by atoms with E-state index in [-0.39, 0.29) is 11.9 Å². The van der Waals surface area contributed by atoms with E-state index in [1.165, 1.54) is 12.1 Å². The maximum atomic E-state index is 12.9. The summed E-state index contributed by atoms with van der Waals surface area (Å²) in [4.78, 5) is 4.73. The highest BCUT2D eigenvalue weighted by molar-refractivity contribution is 6.34. The molecule has 1 aliphatic heterocycles. The second-order valence-corrected chi connectivity index (χ2v) is 5.07. The highest BCUT2D eigenvalue weighted by Gasteiger charge is 2.21. The van der Waals surface area contributed by atoms with Crippen molar-refractivity contribution in [2.75, 3.05) is 0 Å². The van der Waals surface area contributed by atoms with Crippen LogP contribution in [-0.2, 0) is 0 Å². The Morgan fingerprint density at radius 1 is 1.05 bits per heavy atom. The molecule has 2 aromatic carbocycles. The molecule has 19 heavy (non-hydrogen) atoms. The number of benzene rings is 2. The van der Waals surface area contributed by atoms with Crippen LogP contribution in [0.1, 0.15) is 30.0 Å². The van der Waals surface area contributed by atoms with Crippen molar-refractivity contribution < 1.29 is 4.39 Å². The van der Waals surface area contributed by atoms with Gasteiger partial charge in [-0.05, 0) is 36.6 Å². The normalized spacial score (nSPS) is 18.4. The van der Waals surface area contributed by atoms with E-state index in [0.717, 1.165) is 34.7 Å². The van der Waals surface area contributed by atoms with Crippen molar-refractivity contribution in [1.29, 1.82) is 0 Å². The first-order valence-electron chi connectivity index (χ1n) is 6.31. The molecule has 3 rings (SSSR count). The molecule has 0 saturated heterocycles. The van der Waals surface area contributed by atoms with E-state index in [9.17, 15) is 4.39 Å². The van der Waals surface area contributed by atoms with E-state index >= 15 is 0 Å². The average Bonchev–Trinajstić information content (AvgIpc) is 2.89. The first-order chi connectivity index (χ1) is 9.24. The number of nitrogens with zero attached hydrogens (tertiary/aromatic N) is 1. The molecule has 0 bridgehead atoms. The van der Waals surface area contributed by atoms with Gasteiger partial charge in [0.15, 0.2) is 0 Å². The predicted octanol–water partition coefficient (Wildman–Crippen LogP) is 4.80. The molecule has 0 saturated carbocycles. The smallest absolute Gasteiger partial charge is 0.123 e. The molecule has 0 amide bonds. The summed E-state index contributed by atoms with van der Waals surface area (Å²) in [5.41, 5.74) is 3.11. The third kappa shape index (κ3) is 2.54. The van der Waals surface area contributed by atoms with Gasteiger partial charge in [0.1, 0.15) is 5.82 Å². The lowest BCUT2D eigenvalue weighted by Crippen LogP contribution is -1.96. The molecule has 0 fully saturated rings. The van der Waals surface area contributed by atoms with E-state index in [1.807, 2.05) is 24.3 Å². The van der Waals surface area contributed by atoms with Gasteiger partial charge in [-0.2, -0.15) is 0 Å². The molecule has 0 radical (unpaired) electrons. The largest absolute Gasteiger partial charge is 0.281 e. The fourth-order valence-corrected chi connectivity index (χ4v) is 2.66. The fourth-order valence-electron chi connectivity index (χ4n) is 2.42. The van der Waals surface area contributed by atoms with Crippen LogP contribution in [0.4, 0.5) is 4.39 Å². The van der Waals surface area contributed by atoms with Gasteiger partial charge in [0.2, 0.25) is 0 Å². The SMILES string of the molecule is Fc1ccc(C2CCC(c3ccccc3Cl)=N2)cc1. The van der Waals surface area contributed by atoms with Gasteiger partial charge in [-0.3, -0.25) is 4.99 Å². The monoisotopic (exact) mass is 273 g/mol. The first-order valence-corrected chi connectivity index (χ1v) is 6.69. The number of halogens is 2. The zero-order chi connectivity index (χ0) is 13.2. The molecule has 0 aliphatic carbocycles. The molecule has 3 heteroatoms. The molecule has 1 nitrogen and oxygen atoms in total. The van der Waals surface area contributed by atoms with Gasteiger partial charge in [-0.25, -0.2) is 4.39 Å². The van der Waals surface area contributed by atoms with Crippen molar-refractivity contribution in [2.24, 2.45) is 4.99 Å². The predicted molar refractivity (Wildman–Crippen MR) is 76.4 cm³/mol. The maximum absolute atomic E-state index is 12.9. The summed E-state index contributed by atoms with van der Waals surface area (Å²) in [6.45, 7) is 0. The Morgan fingerprint density at radius 2 is 1.79 bits per heavy atom. The van der Waals surface area contributed by atoms with Crippen LogP contribution in [0.2, 0.25) is 5.02 Å². The second-order valence-electron chi connectivity index (χ2n) is 4.66. The third-order valence-corrected chi connectivity index (χ3v) is 3.74. The van der Waals surface area contributed by atoms with Crippen molar-refractivity contribution in [1.82, 2.24) is 0 Å². The Bertz CT molecular complexity index is 619. The highest BCUT2D eigenvalue weighted by atomic mass is 35.5. The molecule has 0 spiro atoms. The number of hydrogen-bond acceptors (Lipinski definition) is 1. The minimum Gasteiger partial charge on any atom is -0.281 e. The van der Waals surface area contributed by atoms with Crippen molar-refractivity contribution in [2.45, 2.75) is 18.9 Å². The number of aliphatic imine (C=N–C) groups is 1.